The Balaban J connectivity index is 1.60. The van der Waals surface area contributed by atoms with Gasteiger partial charge >= 0.3 is 6.01 Å². The average molecular weight is 321 g/mol. The van der Waals surface area contributed by atoms with E-state index in [1.165, 1.54) is 6.20 Å². The van der Waals surface area contributed by atoms with Crippen LogP contribution in [0.25, 0.3) is 10.9 Å². The molecule has 0 spiro atoms. The third kappa shape index (κ3) is 2.37. The summed E-state index contributed by atoms with van der Waals surface area (Å²) in [5.74, 6) is -0.459. The summed E-state index contributed by atoms with van der Waals surface area (Å²) in [5, 5.41) is 0.350. The number of nitrogens with two attached hydrogens (primary N) is 1. The fourth-order valence-electron chi connectivity index (χ4n) is 3.73. The van der Waals surface area contributed by atoms with E-state index in [0.717, 1.165) is 25.6 Å². The molecule has 0 radical (unpaired) electrons. The van der Waals surface area contributed by atoms with E-state index in [0.29, 0.717) is 18.4 Å². The van der Waals surface area contributed by atoms with Crippen LogP contribution in [0.4, 0.5) is 14.6 Å². The molecule has 8 heteroatoms. The van der Waals surface area contributed by atoms with Gasteiger partial charge in [-0.2, -0.15) is 9.97 Å². The molecule has 0 saturated carbocycles. The summed E-state index contributed by atoms with van der Waals surface area (Å²) in [6.45, 7) is 1.61. The lowest BCUT2D eigenvalue weighted by atomic mass is 9.95. The topological polar surface area (TPSA) is 77.2 Å². The van der Waals surface area contributed by atoms with Gasteiger partial charge in [-0.1, -0.05) is 0 Å². The smallest absolute Gasteiger partial charge is 0.319 e. The highest BCUT2D eigenvalue weighted by Gasteiger charge is 2.49. The molecule has 122 valence electrons. The van der Waals surface area contributed by atoms with E-state index in [-0.39, 0.29) is 29.5 Å². The van der Waals surface area contributed by atoms with Crippen LogP contribution < -0.4 is 10.5 Å². The Morgan fingerprint density at radius 3 is 3.13 bits per heavy atom. The standard InChI is InChI=1S/C15H17F2N5O/c16-9-4-15(2-1-3-22(15)7-9)8-23-14-20-12-10(13(18)21-14)5-19-6-11(12)17/h5-6,9H,1-4,7-8H2,(H2,18,20,21)/t9-,15+/m0/s1. The van der Waals surface area contributed by atoms with Gasteiger partial charge in [0.15, 0.2) is 5.82 Å². The largest absolute Gasteiger partial charge is 0.461 e. The van der Waals surface area contributed by atoms with Crippen LogP contribution in [0, 0.1) is 5.82 Å². The van der Waals surface area contributed by atoms with Crippen molar-refractivity contribution in [1.82, 2.24) is 19.9 Å². The number of aromatic nitrogens is 3. The van der Waals surface area contributed by atoms with Gasteiger partial charge in [0.25, 0.3) is 0 Å². The zero-order chi connectivity index (χ0) is 16.0. The molecule has 0 unspecified atom stereocenters. The second-order valence-electron chi connectivity index (χ2n) is 6.27. The number of rotatable bonds is 3. The van der Waals surface area contributed by atoms with Gasteiger partial charge in [0.1, 0.15) is 24.1 Å². The minimum absolute atomic E-state index is 0.0173. The quantitative estimate of drug-likeness (QED) is 0.927. The number of hydrogen-bond acceptors (Lipinski definition) is 6. The third-order valence-corrected chi connectivity index (χ3v) is 4.80. The van der Waals surface area contributed by atoms with Crippen LogP contribution in [-0.2, 0) is 0 Å². The molecule has 4 rings (SSSR count). The maximum atomic E-state index is 13.8. The molecule has 0 bridgehead atoms. The zero-order valence-electron chi connectivity index (χ0n) is 12.5. The fraction of sp³-hybridized carbons (Fsp3) is 0.533. The number of halogens is 2. The molecular weight excluding hydrogens is 304 g/mol. The van der Waals surface area contributed by atoms with Crippen molar-refractivity contribution in [1.29, 1.82) is 0 Å². The van der Waals surface area contributed by atoms with Gasteiger partial charge < -0.3 is 10.5 Å². The molecule has 2 aliphatic heterocycles. The van der Waals surface area contributed by atoms with Crippen molar-refractivity contribution in [2.24, 2.45) is 0 Å². The van der Waals surface area contributed by atoms with Crippen LogP contribution in [0.15, 0.2) is 12.4 Å². The molecule has 4 heterocycles. The molecular formula is C15H17F2N5O. The summed E-state index contributed by atoms with van der Waals surface area (Å²) in [6.07, 6.45) is 4.02. The van der Waals surface area contributed by atoms with Crippen LogP contribution in [0.3, 0.4) is 0 Å². The number of anilines is 1. The van der Waals surface area contributed by atoms with Gasteiger partial charge in [-0.15, -0.1) is 0 Å². The van der Waals surface area contributed by atoms with Gasteiger partial charge in [0, 0.05) is 19.2 Å². The molecule has 0 aromatic carbocycles. The first kappa shape index (κ1) is 14.5. The van der Waals surface area contributed by atoms with E-state index < -0.39 is 12.0 Å². The first-order valence-corrected chi connectivity index (χ1v) is 7.66. The van der Waals surface area contributed by atoms with Crippen molar-refractivity contribution in [2.45, 2.75) is 31.0 Å². The SMILES string of the molecule is Nc1nc(OC[C@]23CCCN2C[C@@H](F)C3)nc2c(F)cncc12. The summed E-state index contributed by atoms with van der Waals surface area (Å²) >= 11 is 0. The molecule has 2 N–H and O–H groups in total. The summed E-state index contributed by atoms with van der Waals surface area (Å²) < 4.78 is 33.3. The predicted octanol–water partition coefficient (Wildman–Crippen LogP) is 1.70. The van der Waals surface area contributed by atoms with Crippen molar-refractivity contribution >= 4 is 16.7 Å². The lowest BCUT2D eigenvalue weighted by Gasteiger charge is -2.30. The first-order chi connectivity index (χ1) is 11.1. The Bertz CT molecular complexity index is 758. The van der Waals surface area contributed by atoms with Gasteiger partial charge in [0.2, 0.25) is 0 Å². The van der Waals surface area contributed by atoms with Crippen LogP contribution in [0.5, 0.6) is 6.01 Å². The van der Waals surface area contributed by atoms with E-state index in [4.69, 9.17) is 10.5 Å². The first-order valence-electron chi connectivity index (χ1n) is 7.66. The van der Waals surface area contributed by atoms with E-state index in [1.807, 2.05) is 0 Å². The van der Waals surface area contributed by atoms with Gasteiger partial charge in [-0.25, -0.2) is 8.78 Å². The Hall–Kier alpha value is -2.09. The molecule has 2 aromatic rings. The highest BCUT2D eigenvalue weighted by atomic mass is 19.1. The normalized spacial score (nSPS) is 27.5. The number of pyridine rings is 1. The summed E-state index contributed by atoms with van der Waals surface area (Å²) in [7, 11) is 0. The molecule has 23 heavy (non-hydrogen) atoms. The lowest BCUT2D eigenvalue weighted by molar-refractivity contribution is 0.107. The Morgan fingerprint density at radius 2 is 2.26 bits per heavy atom. The minimum Gasteiger partial charge on any atom is -0.461 e. The van der Waals surface area contributed by atoms with Crippen LogP contribution in [0.2, 0.25) is 0 Å². The monoisotopic (exact) mass is 321 g/mol. The van der Waals surface area contributed by atoms with Crippen LogP contribution >= 0.6 is 0 Å². The van der Waals surface area contributed by atoms with Crippen LogP contribution in [0.1, 0.15) is 19.3 Å². The minimum atomic E-state index is -0.829. The maximum Gasteiger partial charge on any atom is 0.319 e. The van der Waals surface area contributed by atoms with Gasteiger partial charge in [0.05, 0.1) is 17.1 Å². The number of ether oxygens (including phenoxy) is 1. The Labute approximate surface area is 131 Å². The maximum absolute atomic E-state index is 13.8. The summed E-state index contributed by atoms with van der Waals surface area (Å²) in [5.41, 5.74) is 5.61. The van der Waals surface area contributed by atoms with E-state index >= 15 is 0 Å². The molecule has 2 saturated heterocycles. The highest BCUT2D eigenvalue weighted by Crippen LogP contribution is 2.40. The third-order valence-electron chi connectivity index (χ3n) is 4.80. The van der Waals surface area contributed by atoms with Crippen molar-refractivity contribution < 1.29 is 13.5 Å². The number of alkyl halides is 1. The predicted molar refractivity (Wildman–Crippen MR) is 80.2 cm³/mol. The molecule has 0 aliphatic carbocycles. The fourth-order valence-corrected chi connectivity index (χ4v) is 3.73. The van der Waals surface area contributed by atoms with E-state index in [9.17, 15) is 8.78 Å². The van der Waals surface area contributed by atoms with Crippen molar-refractivity contribution in [3.63, 3.8) is 0 Å². The lowest BCUT2D eigenvalue weighted by Crippen LogP contribution is -2.43. The number of nitrogen functional groups attached to an aromatic ring is 1. The Kier molecular flexibility index (Phi) is 3.29. The van der Waals surface area contributed by atoms with E-state index in [1.54, 1.807) is 0 Å². The molecule has 2 aromatic heterocycles. The van der Waals surface area contributed by atoms with Gasteiger partial charge in [-0.3, -0.25) is 9.88 Å². The number of nitrogens with zero attached hydrogens (tertiary/aromatic N) is 4. The molecule has 0 amide bonds. The van der Waals surface area contributed by atoms with E-state index in [2.05, 4.69) is 19.9 Å². The molecule has 2 fully saturated rings. The van der Waals surface area contributed by atoms with Crippen molar-refractivity contribution in [3.8, 4) is 6.01 Å². The number of hydrogen-bond donors (Lipinski definition) is 1. The van der Waals surface area contributed by atoms with Crippen LogP contribution in [-0.4, -0.2) is 51.3 Å². The second-order valence-corrected chi connectivity index (χ2v) is 6.27. The average Bonchev–Trinajstić information content (AvgIpc) is 3.02. The van der Waals surface area contributed by atoms with Crippen molar-refractivity contribution in [3.05, 3.63) is 18.2 Å². The highest BCUT2D eigenvalue weighted by molar-refractivity contribution is 5.87. The number of fused-ring (bicyclic) bond motifs is 2. The Morgan fingerprint density at radius 1 is 1.39 bits per heavy atom. The molecule has 2 aliphatic rings. The zero-order valence-corrected chi connectivity index (χ0v) is 12.5. The second kappa shape index (κ2) is 5.23. The van der Waals surface area contributed by atoms with Crippen molar-refractivity contribution in [2.75, 3.05) is 25.4 Å². The van der Waals surface area contributed by atoms with Gasteiger partial charge in [-0.05, 0) is 19.4 Å². The summed E-state index contributed by atoms with van der Waals surface area (Å²) in [4.78, 5) is 14.0. The summed E-state index contributed by atoms with van der Waals surface area (Å²) in [6, 6.07) is 0.0173. The molecule has 6 nitrogen and oxygen atoms in total. The molecule has 2 atom stereocenters.